The van der Waals surface area contributed by atoms with Gasteiger partial charge in [-0.1, -0.05) is 35.9 Å². The zero-order chi connectivity index (χ0) is 18.2. The lowest BCUT2D eigenvalue weighted by Gasteiger charge is -2.05. The second-order valence-electron chi connectivity index (χ2n) is 4.82. The summed E-state index contributed by atoms with van der Waals surface area (Å²) in [6.45, 7) is -0.519. The van der Waals surface area contributed by atoms with Gasteiger partial charge in [-0.05, 0) is 23.8 Å². The Balaban J connectivity index is 1.85. The summed E-state index contributed by atoms with van der Waals surface area (Å²) in [6.07, 6.45) is 2.63. The summed E-state index contributed by atoms with van der Waals surface area (Å²) in [5.74, 6) is -1.32. The molecule has 0 aromatic heterocycles. The Hall–Kier alpha value is -3.19. The molecule has 0 spiro atoms. The van der Waals surface area contributed by atoms with Gasteiger partial charge in [0.1, 0.15) is 0 Å². The van der Waals surface area contributed by atoms with Gasteiger partial charge in [-0.15, -0.1) is 0 Å². The molecule has 1 N–H and O–H groups in total. The molecule has 0 saturated carbocycles. The topological polar surface area (TPSA) is 98.5 Å². The monoisotopic (exact) mass is 360 g/mol. The molecule has 0 radical (unpaired) electrons. The fraction of sp³-hybridized carbons (Fsp3) is 0.0588. The maximum atomic E-state index is 11.7. The van der Waals surface area contributed by atoms with E-state index in [9.17, 15) is 19.7 Å². The van der Waals surface area contributed by atoms with Gasteiger partial charge < -0.3 is 10.1 Å². The zero-order valence-corrected chi connectivity index (χ0v) is 13.6. The number of benzene rings is 2. The molecule has 2 aromatic rings. The minimum atomic E-state index is -0.714. The van der Waals surface area contributed by atoms with E-state index in [2.05, 4.69) is 5.32 Å². The molecule has 0 bridgehead atoms. The van der Waals surface area contributed by atoms with E-state index in [0.717, 1.165) is 6.08 Å². The van der Waals surface area contributed by atoms with Crippen LogP contribution in [0.25, 0.3) is 6.08 Å². The van der Waals surface area contributed by atoms with Crippen molar-refractivity contribution in [3.63, 3.8) is 0 Å². The van der Waals surface area contributed by atoms with E-state index in [1.54, 1.807) is 24.3 Å². The van der Waals surface area contributed by atoms with Crippen LogP contribution < -0.4 is 5.32 Å². The molecule has 0 unspecified atom stereocenters. The lowest BCUT2D eigenvalue weighted by molar-refractivity contribution is -0.384. The quantitative estimate of drug-likeness (QED) is 0.368. The molecule has 0 aliphatic carbocycles. The molecule has 2 rings (SSSR count). The van der Waals surface area contributed by atoms with Crippen molar-refractivity contribution in [2.45, 2.75) is 0 Å². The number of hydrogen-bond acceptors (Lipinski definition) is 5. The molecular weight excluding hydrogens is 348 g/mol. The van der Waals surface area contributed by atoms with Crippen LogP contribution in [0.15, 0.2) is 54.6 Å². The molecule has 0 aliphatic heterocycles. The number of carbonyl (C=O) groups is 2. The van der Waals surface area contributed by atoms with Gasteiger partial charge in [0.05, 0.1) is 4.92 Å². The molecule has 0 saturated heterocycles. The molecule has 0 aliphatic rings. The third-order valence-corrected chi connectivity index (χ3v) is 3.33. The minimum Gasteiger partial charge on any atom is -0.452 e. The van der Waals surface area contributed by atoms with Crippen LogP contribution in [0.1, 0.15) is 5.56 Å². The predicted molar refractivity (Wildman–Crippen MR) is 93.2 cm³/mol. The van der Waals surface area contributed by atoms with Crippen molar-refractivity contribution in [3.8, 4) is 0 Å². The molecule has 1 amide bonds. The van der Waals surface area contributed by atoms with Crippen LogP contribution in [0.5, 0.6) is 0 Å². The van der Waals surface area contributed by atoms with Crippen molar-refractivity contribution in [2.24, 2.45) is 0 Å². The molecular formula is C17H13ClN2O5. The van der Waals surface area contributed by atoms with Gasteiger partial charge in [-0.2, -0.15) is 0 Å². The highest BCUT2D eigenvalue weighted by atomic mass is 35.5. The SMILES string of the molecule is O=C(COC(=O)/C=C/c1ccccc1Cl)Nc1cccc([N+](=O)[O-])c1. The summed E-state index contributed by atoms with van der Waals surface area (Å²) in [6, 6.07) is 12.4. The van der Waals surface area contributed by atoms with E-state index in [4.69, 9.17) is 16.3 Å². The molecule has 0 fully saturated rings. The summed E-state index contributed by atoms with van der Waals surface area (Å²) in [5, 5.41) is 13.6. The number of ether oxygens (including phenoxy) is 1. The third kappa shape index (κ3) is 5.74. The van der Waals surface area contributed by atoms with Gasteiger partial charge in [0.2, 0.25) is 0 Å². The first kappa shape index (κ1) is 18.2. The van der Waals surface area contributed by atoms with E-state index in [1.165, 1.54) is 30.3 Å². The Kier molecular flexibility index (Phi) is 6.25. The number of rotatable bonds is 6. The number of nitro groups is 1. The number of carbonyl (C=O) groups excluding carboxylic acids is 2. The number of amides is 1. The average Bonchev–Trinajstić information content (AvgIpc) is 2.59. The Labute approximate surface area is 148 Å². The molecule has 0 atom stereocenters. The maximum absolute atomic E-state index is 11.7. The van der Waals surface area contributed by atoms with Crippen molar-refractivity contribution in [1.82, 2.24) is 0 Å². The molecule has 8 heteroatoms. The number of nitrogens with zero attached hydrogens (tertiary/aromatic N) is 1. The van der Waals surface area contributed by atoms with E-state index in [0.29, 0.717) is 10.6 Å². The van der Waals surface area contributed by atoms with Crippen molar-refractivity contribution in [1.29, 1.82) is 0 Å². The van der Waals surface area contributed by atoms with Crippen LogP contribution in [0.4, 0.5) is 11.4 Å². The number of hydrogen-bond donors (Lipinski definition) is 1. The van der Waals surface area contributed by atoms with Gasteiger partial charge in [0, 0.05) is 28.9 Å². The van der Waals surface area contributed by atoms with Gasteiger partial charge in [0.15, 0.2) is 6.61 Å². The highest BCUT2D eigenvalue weighted by molar-refractivity contribution is 6.32. The van der Waals surface area contributed by atoms with Crippen molar-refractivity contribution >= 4 is 40.9 Å². The second kappa shape index (κ2) is 8.60. The number of nitro benzene ring substituents is 1. The molecule has 2 aromatic carbocycles. The van der Waals surface area contributed by atoms with Crippen molar-refractivity contribution in [2.75, 3.05) is 11.9 Å². The molecule has 25 heavy (non-hydrogen) atoms. The summed E-state index contributed by atoms with van der Waals surface area (Å²) < 4.78 is 4.80. The van der Waals surface area contributed by atoms with Crippen LogP contribution in [0, 0.1) is 10.1 Å². The standard InChI is InChI=1S/C17H13ClN2O5/c18-15-7-2-1-4-12(15)8-9-17(22)25-11-16(21)19-13-5-3-6-14(10-13)20(23)24/h1-10H,11H2,(H,19,21)/b9-8+. The van der Waals surface area contributed by atoms with E-state index >= 15 is 0 Å². The van der Waals surface area contributed by atoms with Crippen molar-refractivity contribution < 1.29 is 19.2 Å². The summed E-state index contributed by atoms with van der Waals surface area (Å²) >= 11 is 5.95. The summed E-state index contributed by atoms with van der Waals surface area (Å²) in [4.78, 5) is 33.4. The normalized spacial score (nSPS) is 10.4. The zero-order valence-electron chi connectivity index (χ0n) is 12.8. The highest BCUT2D eigenvalue weighted by Gasteiger charge is 2.09. The first-order valence-corrected chi connectivity index (χ1v) is 7.47. The maximum Gasteiger partial charge on any atom is 0.331 e. The summed E-state index contributed by atoms with van der Waals surface area (Å²) in [5.41, 5.74) is 0.724. The van der Waals surface area contributed by atoms with E-state index < -0.39 is 23.4 Å². The molecule has 128 valence electrons. The summed E-state index contributed by atoms with van der Waals surface area (Å²) in [7, 11) is 0. The largest absolute Gasteiger partial charge is 0.452 e. The molecule has 7 nitrogen and oxygen atoms in total. The number of halogens is 1. The Bertz CT molecular complexity index is 835. The van der Waals surface area contributed by atoms with Gasteiger partial charge >= 0.3 is 5.97 Å². The lowest BCUT2D eigenvalue weighted by Crippen LogP contribution is -2.20. The average molecular weight is 361 g/mol. The Morgan fingerprint density at radius 3 is 2.68 bits per heavy atom. The predicted octanol–water partition coefficient (Wildman–Crippen LogP) is 3.44. The fourth-order valence-electron chi connectivity index (χ4n) is 1.85. The minimum absolute atomic E-state index is 0.155. The van der Waals surface area contributed by atoms with Gasteiger partial charge in [-0.25, -0.2) is 4.79 Å². The number of non-ortho nitro benzene ring substituents is 1. The third-order valence-electron chi connectivity index (χ3n) is 2.99. The van der Waals surface area contributed by atoms with E-state index in [1.807, 2.05) is 0 Å². The fourth-order valence-corrected chi connectivity index (χ4v) is 2.05. The Morgan fingerprint density at radius 2 is 1.96 bits per heavy atom. The lowest BCUT2D eigenvalue weighted by atomic mass is 10.2. The highest BCUT2D eigenvalue weighted by Crippen LogP contribution is 2.17. The number of nitrogens with one attached hydrogen (secondary N) is 1. The van der Waals surface area contributed by atoms with Crippen LogP contribution in [0.3, 0.4) is 0 Å². The van der Waals surface area contributed by atoms with Crippen LogP contribution >= 0.6 is 11.6 Å². The first-order chi connectivity index (χ1) is 12.0. The number of anilines is 1. The van der Waals surface area contributed by atoms with Crippen LogP contribution in [0.2, 0.25) is 5.02 Å². The van der Waals surface area contributed by atoms with Gasteiger partial charge in [-0.3, -0.25) is 14.9 Å². The van der Waals surface area contributed by atoms with E-state index in [-0.39, 0.29) is 11.4 Å². The van der Waals surface area contributed by atoms with Crippen LogP contribution in [-0.2, 0) is 14.3 Å². The van der Waals surface area contributed by atoms with Crippen molar-refractivity contribution in [3.05, 3.63) is 75.3 Å². The number of esters is 1. The first-order valence-electron chi connectivity index (χ1n) is 7.09. The van der Waals surface area contributed by atoms with Crippen LogP contribution in [-0.4, -0.2) is 23.4 Å². The Morgan fingerprint density at radius 1 is 1.20 bits per heavy atom. The van der Waals surface area contributed by atoms with Gasteiger partial charge in [0.25, 0.3) is 11.6 Å². The smallest absolute Gasteiger partial charge is 0.331 e. The molecule has 0 heterocycles. The second-order valence-corrected chi connectivity index (χ2v) is 5.23.